The average molecular weight is 568 g/mol. The van der Waals surface area contributed by atoms with Crippen LogP contribution in [0, 0.1) is 0 Å². The largest absolute Gasteiger partial charge is 0.497 e. The number of benzene rings is 3. The summed E-state index contributed by atoms with van der Waals surface area (Å²) in [5, 5.41) is 2.92. The Morgan fingerprint density at radius 2 is 1.52 bits per heavy atom. The summed E-state index contributed by atoms with van der Waals surface area (Å²) in [4.78, 5) is 28.5. The van der Waals surface area contributed by atoms with Gasteiger partial charge in [0.15, 0.2) is 0 Å². The fraction of sp³-hybridized carbons (Fsp3) is 0.333. The first-order chi connectivity index (χ1) is 19.1. The van der Waals surface area contributed by atoms with Crippen molar-refractivity contribution in [3.63, 3.8) is 0 Å². The highest BCUT2D eigenvalue weighted by atomic mass is 32.2. The smallest absolute Gasteiger partial charge is 0.264 e. The molecule has 0 fully saturated rings. The summed E-state index contributed by atoms with van der Waals surface area (Å²) in [6.07, 6.45) is 0.725. The fourth-order valence-electron chi connectivity index (χ4n) is 4.01. The molecule has 0 aliphatic carbocycles. The van der Waals surface area contributed by atoms with Crippen LogP contribution in [0.25, 0.3) is 0 Å². The Labute approximate surface area is 236 Å². The summed E-state index contributed by atoms with van der Waals surface area (Å²) in [7, 11) is -1.07. The molecular formula is C30H37N3O6S. The van der Waals surface area contributed by atoms with Crippen LogP contribution in [-0.2, 0) is 26.2 Å². The van der Waals surface area contributed by atoms with Gasteiger partial charge >= 0.3 is 0 Å². The molecule has 40 heavy (non-hydrogen) atoms. The third-order valence-corrected chi connectivity index (χ3v) is 8.41. The number of amides is 2. The van der Waals surface area contributed by atoms with Gasteiger partial charge in [-0.05, 0) is 74.4 Å². The highest BCUT2D eigenvalue weighted by Gasteiger charge is 2.32. The number of sulfonamides is 1. The number of rotatable bonds is 13. The first kappa shape index (κ1) is 30.5. The van der Waals surface area contributed by atoms with E-state index in [2.05, 4.69) is 5.32 Å². The van der Waals surface area contributed by atoms with Gasteiger partial charge in [-0.2, -0.15) is 0 Å². The minimum atomic E-state index is -4.13. The zero-order valence-corrected chi connectivity index (χ0v) is 24.4. The van der Waals surface area contributed by atoms with Gasteiger partial charge in [-0.25, -0.2) is 8.42 Å². The zero-order chi connectivity index (χ0) is 29.3. The van der Waals surface area contributed by atoms with Gasteiger partial charge in [0.1, 0.15) is 24.1 Å². The van der Waals surface area contributed by atoms with Crippen LogP contribution in [0.3, 0.4) is 0 Å². The Bertz CT molecular complexity index is 1380. The van der Waals surface area contributed by atoms with Crippen LogP contribution < -0.4 is 19.1 Å². The number of ether oxygens (including phenoxy) is 2. The number of carbonyl (C=O) groups excluding carboxylic acids is 2. The predicted molar refractivity (Wildman–Crippen MR) is 155 cm³/mol. The lowest BCUT2D eigenvalue weighted by atomic mass is 10.1. The van der Waals surface area contributed by atoms with Crippen molar-refractivity contribution < 1.29 is 27.5 Å². The molecule has 0 saturated carbocycles. The summed E-state index contributed by atoms with van der Waals surface area (Å²) >= 11 is 0. The summed E-state index contributed by atoms with van der Waals surface area (Å²) < 4.78 is 39.2. The van der Waals surface area contributed by atoms with Gasteiger partial charge in [-0.3, -0.25) is 13.9 Å². The molecule has 2 amide bonds. The van der Waals surface area contributed by atoms with Crippen LogP contribution in [-0.4, -0.2) is 58.0 Å². The second kappa shape index (κ2) is 13.8. The summed E-state index contributed by atoms with van der Waals surface area (Å²) in [6.45, 7) is 5.04. The van der Waals surface area contributed by atoms with E-state index in [4.69, 9.17) is 9.47 Å². The lowest BCUT2D eigenvalue weighted by Crippen LogP contribution is -2.52. The van der Waals surface area contributed by atoms with E-state index in [1.807, 2.05) is 19.9 Å². The average Bonchev–Trinajstić information content (AvgIpc) is 2.98. The van der Waals surface area contributed by atoms with Gasteiger partial charge in [0.05, 0.1) is 24.8 Å². The van der Waals surface area contributed by atoms with Crippen molar-refractivity contribution in [2.24, 2.45) is 0 Å². The molecule has 1 N–H and O–H groups in total. The van der Waals surface area contributed by atoms with Gasteiger partial charge in [0.25, 0.3) is 10.0 Å². The second-order valence-corrected chi connectivity index (χ2v) is 11.3. The van der Waals surface area contributed by atoms with E-state index in [-0.39, 0.29) is 29.1 Å². The number of anilines is 1. The molecule has 2 atom stereocenters. The molecule has 0 aromatic heterocycles. The van der Waals surface area contributed by atoms with E-state index in [1.54, 1.807) is 74.7 Å². The molecule has 3 rings (SSSR count). The Hall–Kier alpha value is -4.05. The number of nitrogens with one attached hydrogen (secondary N) is 1. The molecule has 214 valence electrons. The normalized spacial score (nSPS) is 12.6. The SMILES string of the molecule is CC[C@H](C)NC(=O)[C@@H](C)N(Cc1cccc(OC)c1)C(=O)CN(c1ccc(OC)cc1)S(=O)(=O)c1ccccc1. The first-order valence-electron chi connectivity index (χ1n) is 13.0. The van der Waals surface area contributed by atoms with Crippen molar-refractivity contribution in [3.05, 3.63) is 84.4 Å². The quantitative estimate of drug-likeness (QED) is 0.332. The van der Waals surface area contributed by atoms with E-state index in [9.17, 15) is 18.0 Å². The maximum atomic E-state index is 14.0. The Morgan fingerprint density at radius 1 is 0.875 bits per heavy atom. The molecule has 0 aliphatic rings. The third kappa shape index (κ3) is 7.53. The number of nitrogens with zero attached hydrogens (tertiary/aromatic N) is 2. The molecule has 3 aromatic carbocycles. The van der Waals surface area contributed by atoms with Gasteiger partial charge in [-0.1, -0.05) is 37.3 Å². The lowest BCUT2D eigenvalue weighted by molar-refractivity contribution is -0.139. The van der Waals surface area contributed by atoms with E-state index >= 15 is 0 Å². The molecule has 0 unspecified atom stereocenters. The standard InChI is InChI=1S/C30H37N3O6S/c1-6-22(2)31-30(35)23(3)32(20-24-11-10-12-27(19-24)39-5)29(34)21-33(25-15-17-26(38-4)18-16-25)40(36,37)28-13-8-7-9-14-28/h7-19,22-23H,6,20-21H2,1-5H3,(H,31,35)/t22-,23+/m0/s1. The zero-order valence-electron chi connectivity index (χ0n) is 23.5. The highest BCUT2D eigenvalue weighted by Crippen LogP contribution is 2.26. The molecule has 0 aliphatic heterocycles. The van der Waals surface area contributed by atoms with E-state index in [0.29, 0.717) is 11.5 Å². The predicted octanol–water partition coefficient (Wildman–Crippen LogP) is 4.23. The molecule has 10 heteroatoms. The minimum absolute atomic E-state index is 0.0422. The molecule has 3 aromatic rings. The lowest BCUT2D eigenvalue weighted by Gasteiger charge is -2.32. The van der Waals surface area contributed by atoms with Crippen molar-refractivity contribution in [1.29, 1.82) is 0 Å². The van der Waals surface area contributed by atoms with Crippen LogP contribution in [0.4, 0.5) is 5.69 Å². The Morgan fingerprint density at radius 3 is 2.12 bits per heavy atom. The van der Waals surface area contributed by atoms with Crippen LogP contribution in [0.1, 0.15) is 32.8 Å². The molecule has 9 nitrogen and oxygen atoms in total. The molecular weight excluding hydrogens is 530 g/mol. The van der Waals surface area contributed by atoms with Crippen molar-refractivity contribution in [1.82, 2.24) is 10.2 Å². The van der Waals surface area contributed by atoms with Crippen LogP contribution >= 0.6 is 0 Å². The van der Waals surface area contributed by atoms with Crippen molar-refractivity contribution >= 4 is 27.5 Å². The number of hydrogen-bond donors (Lipinski definition) is 1. The van der Waals surface area contributed by atoms with E-state index in [0.717, 1.165) is 16.3 Å². The summed E-state index contributed by atoms with van der Waals surface area (Å²) in [6, 6.07) is 20.6. The molecule has 0 heterocycles. The molecule has 0 bridgehead atoms. The van der Waals surface area contributed by atoms with Crippen molar-refractivity contribution in [2.75, 3.05) is 25.1 Å². The van der Waals surface area contributed by atoms with Crippen molar-refractivity contribution in [3.8, 4) is 11.5 Å². The minimum Gasteiger partial charge on any atom is -0.497 e. The molecule has 0 saturated heterocycles. The highest BCUT2D eigenvalue weighted by molar-refractivity contribution is 7.92. The van der Waals surface area contributed by atoms with Gasteiger partial charge in [-0.15, -0.1) is 0 Å². The number of methoxy groups -OCH3 is 2. The topological polar surface area (TPSA) is 105 Å². The second-order valence-electron chi connectivity index (χ2n) is 9.39. The maximum Gasteiger partial charge on any atom is 0.264 e. The van der Waals surface area contributed by atoms with Crippen LogP contribution in [0.5, 0.6) is 11.5 Å². The first-order valence-corrected chi connectivity index (χ1v) is 14.5. The van der Waals surface area contributed by atoms with E-state index < -0.39 is 28.5 Å². The van der Waals surface area contributed by atoms with Gasteiger partial charge < -0.3 is 19.7 Å². The summed E-state index contributed by atoms with van der Waals surface area (Å²) in [5.41, 5.74) is 1.02. The number of carbonyl (C=O) groups is 2. The maximum absolute atomic E-state index is 14.0. The Kier molecular flexibility index (Phi) is 10.6. The van der Waals surface area contributed by atoms with Crippen LogP contribution in [0.2, 0.25) is 0 Å². The molecule has 0 radical (unpaired) electrons. The van der Waals surface area contributed by atoms with E-state index in [1.165, 1.54) is 24.1 Å². The number of hydrogen-bond acceptors (Lipinski definition) is 6. The monoisotopic (exact) mass is 567 g/mol. The van der Waals surface area contributed by atoms with Crippen LogP contribution in [0.15, 0.2) is 83.8 Å². The third-order valence-electron chi connectivity index (χ3n) is 6.63. The van der Waals surface area contributed by atoms with Crippen molar-refractivity contribution in [2.45, 2.75) is 50.7 Å². The molecule has 0 spiro atoms. The Balaban J connectivity index is 2.02. The van der Waals surface area contributed by atoms with Gasteiger partial charge in [0.2, 0.25) is 11.8 Å². The fourth-order valence-corrected chi connectivity index (χ4v) is 5.45. The van der Waals surface area contributed by atoms with Gasteiger partial charge in [0, 0.05) is 12.6 Å². The summed E-state index contributed by atoms with van der Waals surface area (Å²) in [5.74, 6) is 0.285.